The fourth-order valence-electron chi connectivity index (χ4n) is 1.54. The fourth-order valence-corrected chi connectivity index (χ4v) is 1.54. The van der Waals surface area contributed by atoms with Crippen LogP contribution in [0.15, 0.2) is 0 Å². The molecule has 0 aliphatic rings. The molecule has 0 aliphatic heterocycles. The highest BCUT2D eigenvalue weighted by Gasteiger charge is 2.09. The van der Waals surface area contributed by atoms with E-state index in [1.165, 1.54) is 0 Å². The van der Waals surface area contributed by atoms with Crippen LogP contribution in [-0.2, 0) is 12.8 Å². The second-order valence-corrected chi connectivity index (χ2v) is 4.44. The average Bonchev–Trinajstić information content (AvgIpc) is 2.34. The lowest BCUT2D eigenvalue weighted by Crippen LogP contribution is -2.30. The molecule has 0 aromatic carbocycles. The Morgan fingerprint density at radius 1 is 0.882 bits per heavy atom. The van der Waals surface area contributed by atoms with Gasteiger partial charge in [0.25, 0.3) is 0 Å². The summed E-state index contributed by atoms with van der Waals surface area (Å²) in [7, 11) is 6.13. The van der Waals surface area contributed by atoms with Gasteiger partial charge in [-0.15, -0.1) is 5.10 Å². The molecule has 0 radical (unpaired) electrons. The molecular formula is C12H23N5. The summed E-state index contributed by atoms with van der Waals surface area (Å²) in [4.78, 5) is 8.76. The predicted molar refractivity (Wildman–Crippen MR) is 70.4 cm³/mol. The highest BCUT2D eigenvalue weighted by molar-refractivity contribution is 5.28. The lowest BCUT2D eigenvalue weighted by atomic mass is 10.2. The van der Waals surface area contributed by atoms with Crippen LogP contribution in [-0.4, -0.2) is 54.3 Å². The van der Waals surface area contributed by atoms with Crippen molar-refractivity contribution >= 4 is 5.95 Å². The smallest absolute Gasteiger partial charge is 0.245 e. The van der Waals surface area contributed by atoms with E-state index in [-0.39, 0.29) is 0 Å². The van der Waals surface area contributed by atoms with E-state index in [1.807, 2.05) is 11.9 Å². The molecule has 5 nitrogen and oxygen atoms in total. The van der Waals surface area contributed by atoms with Gasteiger partial charge in [-0.1, -0.05) is 13.8 Å². The third kappa shape index (κ3) is 3.93. The molecule has 1 aromatic rings. The maximum atomic E-state index is 4.57. The molecule has 0 amide bonds. The number of nitrogens with zero attached hydrogens (tertiary/aromatic N) is 5. The highest BCUT2D eigenvalue weighted by atomic mass is 15.3. The van der Waals surface area contributed by atoms with Crippen molar-refractivity contribution in [3.8, 4) is 0 Å². The predicted octanol–water partition coefficient (Wildman–Crippen LogP) is 0.994. The van der Waals surface area contributed by atoms with Crippen LogP contribution in [0.2, 0.25) is 0 Å². The van der Waals surface area contributed by atoms with Crippen LogP contribution in [0.4, 0.5) is 5.95 Å². The van der Waals surface area contributed by atoms with Crippen LogP contribution in [0.3, 0.4) is 0 Å². The first kappa shape index (κ1) is 13.8. The molecule has 0 bridgehead atoms. The second-order valence-electron chi connectivity index (χ2n) is 4.44. The lowest BCUT2D eigenvalue weighted by molar-refractivity contribution is 0.415. The maximum absolute atomic E-state index is 4.57. The van der Waals surface area contributed by atoms with Gasteiger partial charge < -0.3 is 9.80 Å². The molecule has 1 heterocycles. The number of rotatable bonds is 6. The molecule has 96 valence electrons. The molecule has 0 saturated heterocycles. The van der Waals surface area contributed by atoms with Gasteiger partial charge in [0.2, 0.25) is 5.95 Å². The molecule has 0 saturated carbocycles. The van der Waals surface area contributed by atoms with Gasteiger partial charge >= 0.3 is 0 Å². The van der Waals surface area contributed by atoms with Crippen molar-refractivity contribution in [3.63, 3.8) is 0 Å². The summed E-state index contributed by atoms with van der Waals surface area (Å²) in [6.45, 7) is 6.08. The van der Waals surface area contributed by atoms with Crippen molar-refractivity contribution in [2.45, 2.75) is 26.7 Å². The zero-order chi connectivity index (χ0) is 12.8. The van der Waals surface area contributed by atoms with E-state index in [0.29, 0.717) is 0 Å². The Balaban J connectivity index is 2.77. The monoisotopic (exact) mass is 237 g/mol. The molecule has 0 aliphatic carbocycles. The molecule has 1 aromatic heterocycles. The van der Waals surface area contributed by atoms with Gasteiger partial charge in [0.1, 0.15) is 0 Å². The molecule has 0 atom stereocenters. The van der Waals surface area contributed by atoms with Crippen molar-refractivity contribution in [1.82, 2.24) is 20.1 Å². The quantitative estimate of drug-likeness (QED) is 0.738. The number of likely N-dealkylation sites (N-methyl/N-ethyl adjacent to an activating group) is 2. The summed E-state index contributed by atoms with van der Waals surface area (Å²) in [5.41, 5.74) is 2.08. The van der Waals surface area contributed by atoms with Crippen molar-refractivity contribution in [2.24, 2.45) is 0 Å². The summed E-state index contributed by atoms with van der Waals surface area (Å²) < 4.78 is 0. The minimum Gasteiger partial charge on any atom is -0.341 e. The van der Waals surface area contributed by atoms with E-state index >= 15 is 0 Å². The molecule has 0 unspecified atom stereocenters. The number of anilines is 1. The Kier molecular flexibility index (Phi) is 5.28. The Labute approximate surface area is 104 Å². The number of aromatic nitrogens is 3. The van der Waals surface area contributed by atoms with E-state index in [9.17, 15) is 0 Å². The Hall–Kier alpha value is -1.23. The van der Waals surface area contributed by atoms with Crippen LogP contribution in [0.1, 0.15) is 25.2 Å². The fraction of sp³-hybridized carbons (Fsp3) is 0.750. The standard InChI is InChI=1S/C12H23N5/c1-6-10-11(7-2)14-15-12(13-10)17(5)9-8-16(3)4/h6-9H2,1-5H3. The van der Waals surface area contributed by atoms with E-state index in [2.05, 4.69) is 48.0 Å². The van der Waals surface area contributed by atoms with Gasteiger partial charge in [0.05, 0.1) is 11.4 Å². The van der Waals surface area contributed by atoms with Crippen LogP contribution in [0, 0.1) is 0 Å². The Bertz CT molecular complexity index is 351. The van der Waals surface area contributed by atoms with Crippen molar-refractivity contribution in [1.29, 1.82) is 0 Å². The molecule has 0 fully saturated rings. The lowest BCUT2D eigenvalue weighted by Gasteiger charge is -2.19. The number of hydrogen-bond acceptors (Lipinski definition) is 5. The third-order valence-corrected chi connectivity index (χ3v) is 2.72. The van der Waals surface area contributed by atoms with Crippen LogP contribution in [0.25, 0.3) is 0 Å². The molecule has 1 rings (SSSR count). The molecule has 17 heavy (non-hydrogen) atoms. The summed E-state index contributed by atoms with van der Waals surface area (Å²) >= 11 is 0. The van der Waals surface area contributed by atoms with Gasteiger partial charge in [-0.2, -0.15) is 5.10 Å². The summed E-state index contributed by atoms with van der Waals surface area (Å²) in [6, 6.07) is 0. The van der Waals surface area contributed by atoms with Gasteiger partial charge in [-0.3, -0.25) is 0 Å². The first-order valence-corrected chi connectivity index (χ1v) is 6.16. The van der Waals surface area contributed by atoms with Gasteiger partial charge in [-0.25, -0.2) is 4.98 Å². The SMILES string of the molecule is CCc1nnc(N(C)CCN(C)C)nc1CC. The van der Waals surface area contributed by atoms with Crippen LogP contribution in [0.5, 0.6) is 0 Å². The zero-order valence-corrected chi connectivity index (χ0v) is 11.6. The zero-order valence-electron chi connectivity index (χ0n) is 11.6. The maximum Gasteiger partial charge on any atom is 0.245 e. The highest BCUT2D eigenvalue weighted by Crippen LogP contribution is 2.09. The largest absolute Gasteiger partial charge is 0.341 e. The Morgan fingerprint density at radius 2 is 1.53 bits per heavy atom. The number of aryl methyl sites for hydroxylation is 2. The van der Waals surface area contributed by atoms with Gasteiger partial charge in [-0.05, 0) is 26.9 Å². The van der Waals surface area contributed by atoms with E-state index in [0.717, 1.165) is 43.3 Å². The van der Waals surface area contributed by atoms with Crippen molar-refractivity contribution in [3.05, 3.63) is 11.4 Å². The van der Waals surface area contributed by atoms with Gasteiger partial charge in [0, 0.05) is 20.1 Å². The minimum atomic E-state index is 0.723. The molecule has 0 spiro atoms. The molecular weight excluding hydrogens is 214 g/mol. The van der Waals surface area contributed by atoms with E-state index < -0.39 is 0 Å². The van der Waals surface area contributed by atoms with Crippen molar-refractivity contribution < 1.29 is 0 Å². The average molecular weight is 237 g/mol. The molecule has 5 heteroatoms. The first-order valence-electron chi connectivity index (χ1n) is 6.16. The normalized spacial score (nSPS) is 10.9. The van der Waals surface area contributed by atoms with Gasteiger partial charge in [0.15, 0.2) is 0 Å². The first-order chi connectivity index (χ1) is 8.08. The summed E-state index contributed by atoms with van der Waals surface area (Å²) in [5.74, 6) is 0.723. The minimum absolute atomic E-state index is 0.723. The van der Waals surface area contributed by atoms with Crippen molar-refractivity contribution in [2.75, 3.05) is 39.1 Å². The van der Waals surface area contributed by atoms with Crippen LogP contribution >= 0.6 is 0 Å². The number of hydrogen-bond donors (Lipinski definition) is 0. The van der Waals surface area contributed by atoms with Crippen LogP contribution < -0.4 is 4.90 Å². The topological polar surface area (TPSA) is 45.2 Å². The van der Waals surface area contributed by atoms with E-state index in [1.54, 1.807) is 0 Å². The molecule has 0 N–H and O–H groups in total. The third-order valence-electron chi connectivity index (χ3n) is 2.72. The Morgan fingerprint density at radius 3 is 2.06 bits per heavy atom. The second kappa shape index (κ2) is 6.49. The summed E-state index contributed by atoms with van der Waals surface area (Å²) in [5, 5.41) is 8.43. The van der Waals surface area contributed by atoms with E-state index in [4.69, 9.17) is 0 Å². The summed E-state index contributed by atoms with van der Waals surface area (Å²) in [6.07, 6.45) is 1.80.